The summed E-state index contributed by atoms with van der Waals surface area (Å²) in [5.41, 5.74) is 3.23. The third-order valence-corrected chi connectivity index (χ3v) is 2.83. The van der Waals surface area contributed by atoms with E-state index >= 15 is 0 Å². The van der Waals surface area contributed by atoms with Crippen molar-refractivity contribution >= 4 is 34.3 Å². The Morgan fingerprint density at radius 2 is 2.28 bits per heavy atom. The van der Waals surface area contributed by atoms with Gasteiger partial charge in [0.1, 0.15) is 0 Å². The molecule has 0 aliphatic rings. The van der Waals surface area contributed by atoms with Crippen LogP contribution in [-0.4, -0.2) is 34.5 Å². The summed E-state index contributed by atoms with van der Waals surface area (Å²) in [7, 11) is 0. The van der Waals surface area contributed by atoms with Crippen LogP contribution in [0.3, 0.4) is 0 Å². The van der Waals surface area contributed by atoms with E-state index in [1.165, 1.54) is 0 Å². The van der Waals surface area contributed by atoms with Crippen molar-refractivity contribution in [3.63, 3.8) is 0 Å². The molecule has 0 radical (unpaired) electrons. The molecule has 18 heavy (non-hydrogen) atoms. The van der Waals surface area contributed by atoms with Gasteiger partial charge < -0.3 is 15.3 Å². The SMILES string of the molecule is O=C(O)N(CCNO)c1c[nH]c2cc(Cl)ccc12. The van der Waals surface area contributed by atoms with Crippen LogP contribution in [0.5, 0.6) is 0 Å². The highest BCUT2D eigenvalue weighted by Crippen LogP contribution is 2.28. The first-order valence-corrected chi connectivity index (χ1v) is 5.65. The molecule has 96 valence electrons. The largest absolute Gasteiger partial charge is 0.465 e. The van der Waals surface area contributed by atoms with E-state index < -0.39 is 6.09 Å². The maximum absolute atomic E-state index is 11.2. The van der Waals surface area contributed by atoms with Crippen LogP contribution >= 0.6 is 11.6 Å². The number of nitrogens with zero attached hydrogens (tertiary/aromatic N) is 1. The molecule has 0 aliphatic heterocycles. The van der Waals surface area contributed by atoms with E-state index in [2.05, 4.69) is 4.98 Å². The molecule has 0 saturated heterocycles. The number of amides is 1. The van der Waals surface area contributed by atoms with Crippen molar-refractivity contribution in [2.75, 3.05) is 18.0 Å². The van der Waals surface area contributed by atoms with E-state index in [1.807, 2.05) is 5.48 Å². The highest BCUT2D eigenvalue weighted by Gasteiger charge is 2.17. The number of benzene rings is 1. The Balaban J connectivity index is 2.41. The fourth-order valence-electron chi connectivity index (χ4n) is 1.79. The van der Waals surface area contributed by atoms with Crippen LogP contribution in [0.4, 0.5) is 10.5 Å². The highest BCUT2D eigenvalue weighted by molar-refractivity contribution is 6.31. The van der Waals surface area contributed by atoms with Crippen LogP contribution in [0.15, 0.2) is 24.4 Å². The molecule has 2 rings (SSSR count). The van der Waals surface area contributed by atoms with Gasteiger partial charge in [-0.15, -0.1) is 0 Å². The molecule has 7 heteroatoms. The average Bonchev–Trinajstić information content (AvgIpc) is 2.72. The molecule has 1 aromatic carbocycles. The van der Waals surface area contributed by atoms with Gasteiger partial charge in [0, 0.05) is 35.2 Å². The summed E-state index contributed by atoms with van der Waals surface area (Å²) in [6, 6.07) is 5.18. The molecule has 0 spiro atoms. The molecule has 1 aromatic heterocycles. The second-order valence-electron chi connectivity index (χ2n) is 3.71. The van der Waals surface area contributed by atoms with Gasteiger partial charge in [-0.3, -0.25) is 4.90 Å². The third kappa shape index (κ3) is 2.40. The summed E-state index contributed by atoms with van der Waals surface area (Å²) in [5.74, 6) is 0. The number of hydroxylamine groups is 1. The van der Waals surface area contributed by atoms with Crippen LogP contribution in [0.25, 0.3) is 10.9 Å². The topological polar surface area (TPSA) is 88.6 Å². The number of carboxylic acid groups (broad SMARTS) is 1. The van der Waals surface area contributed by atoms with E-state index in [0.717, 1.165) is 15.8 Å². The molecule has 0 saturated carbocycles. The zero-order valence-corrected chi connectivity index (χ0v) is 10.1. The van der Waals surface area contributed by atoms with Crippen molar-refractivity contribution in [1.82, 2.24) is 10.5 Å². The van der Waals surface area contributed by atoms with Gasteiger partial charge in [0.25, 0.3) is 0 Å². The van der Waals surface area contributed by atoms with Crippen molar-refractivity contribution in [3.8, 4) is 0 Å². The molecule has 0 atom stereocenters. The van der Waals surface area contributed by atoms with Gasteiger partial charge in [-0.05, 0) is 18.2 Å². The van der Waals surface area contributed by atoms with Gasteiger partial charge in [-0.25, -0.2) is 10.3 Å². The molecule has 2 aromatic rings. The second-order valence-corrected chi connectivity index (χ2v) is 4.14. The average molecular weight is 270 g/mol. The highest BCUT2D eigenvalue weighted by atomic mass is 35.5. The summed E-state index contributed by atoms with van der Waals surface area (Å²) >= 11 is 5.86. The molecule has 1 heterocycles. The Morgan fingerprint density at radius 1 is 1.50 bits per heavy atom. The summed E-state index contributed by atoms with van der Waals surface area (Å²) in [5, 5.41) is 19.1. The summed E-state index contributed by atoms with van der Waals surface area (Å²) in [6.07, 6.45) is 0.521. The monoisotopic (exact) mass is 269 g/mol. The lowest BCUT2D eigenvalue weighted by Crippen LogP contribution is -2.35. The number of rotatable bonds is 4. The number of H-pyrrole nitrogens is 1. The van der Waals surface area contributed by atoms with Crippen LogP contribution in [0.2, 0.25) is 5.02 Å². The molecule has 6 nitrogen and oxygen atoms in total. The second kappa shape index (κ2) is 5.26. The quantitative estimate of drug-likeness (QED) is 0.641. The van der Waals surface area contributed by atoms with Gasteiger partial charge in [0.05, 0.1) is 5.69 Å². The van der Waals surface area contributed by atoms with E-state index in [0.29, 0.717) is 10.7 Å². The molecular formula is C11H12ClN3O3. The third-order valence-electron chi connectivity index (χ3n) is 2.59. The van der Waals surface area contributed by atoms with Crippen molar-refractivity contribution < 1.29 is 15.1 Å². The van der Waals surface area contributed by atoms with E-state index in [1.54, 1.807) is 24.4 Å². The number of fused-ring (bicyclic) bond motifs is 1. The number of aromatic amines is 1. The van der Waals surface area contributed by atoms with Crippen LogP contribution < -0.4 is 10.4 Å². The predicted octanol–water partition coefficient (Wildman–Crippen LogP) is 2.28. The fraction of sp³-hybridized carbons (Fsp3) is 0.182. The number of nitrogens with one attached hydrogen (secondary N) is 2. The van der Waals surface area contributed by atoms with Crippen LogP contribution in [0, 0.1) is 0 Å². The lowest BCUT2D eigenvalue weighted by atomic mass is 10.2. The van der Waals surface area contributed by atoms with E-state index in [4.69, 9.17) is 21.9 Å². The Hall–Kier alpha value is -1.76. The minimum Gasteiger partial charge on any atom is -0.465 e. The number of carbonyl (C=O) groups is 1. The van der Waals surface area contributed by atoms with Gasteiger partial charge in [-0.2, -0.15) is 0 Å². The first kappa shape index (κ1) is 12.7. The molecule has 0 fully saturated rings. The lowest BCUT2D eigenvalue weighted by molar-refractivity contribution is 0.167. The molecule has 4 N–H and O–H groups in total. The van der Waals surface area contributed by atoms with Crippen molar-refractivity contribution in [2.45, 2.75) is 0 Å². The van der Waals surface area contributed by atoms with Crippen LogP contribution in [-0.2, 0) is 0 Å². The maximum atomic E-state index is 11.2. The van der Waals surface area contributed by atoms with Gasteiger partial charge in [-0.1, -0.05) is 11.6 Å². The minimum absolute atomic E-state index is 0.140. The minimum atomic E-state index is -1.08. The molecular weight excluding hydrogens is 258 g/mol. The Kier molecular flexibility index (Phi) is 3.71. The van der Waals surface area contributed by atoms with Crippen molar-refractivity contribution in [1.29, 1.82) is 0 Å². The van der Waals surface area contributed by atoms with Crippen molar-refractivity contribution in [3.05, 3.63) is 29.4 Å². The van der Waals surface area contributed by atoms with Crippen LogP contribution in [0.1, 0.15) is 0 Å². The Bertz CT molecular complexity index is 570. The molecule has 1 amide bonds. The van der Waals surface area contributed by atoms with Gasteiger partial charge in [0.2, 0.25) is 0 Å². The maximum Gasteiger partial charge on any atom is 0.411 e. The summed E-state index contributed by atoms with van der Waals surface area (Å²) in [4.78, 5) is 15.3. The molecule has 0 bridgehead atoms. The zero-order valence-electron chi connectivity index (χ0n) is 9.35. The Labute approximate surface area is 108 Å². The fourth-order valence-corrected chi connectivity index (χ4v) is 1.96. The number of aromatic nitrogens is 1. The first-order valence-electron chi connectivity index (χ1n) is 5.27. The molecule has 0 aliphatic carbocycles. The first-order chi connectivity index (χ1) is 8.63. The summed E-state index contributed by atoms with van der Waals surface area (Å²) in [6.45, 7) is 0.286. The van der Waals surface area contributed by atoms with Gasteiger partial charge >= 0.3 is 6.09 Å². The number of halogens is 1. The zero-order chi connectivity index (χ0) is 13.1. The molecule has 0 unspecified atom stereocenters. The van der Waals surface area contributed by atoms with Gasteiger partial charge in [0.15, 0.2) is 0 Å². The Morgan fingerprint density at radius 3 is 2.94 bits per heavy atom. The standard InChI is InChI=1S/C11H12ClN3O3/c12-7-1-2-8-9(5-7)13-6-10(8)15(11(16)17)4-3-14-18/h1-2,5-6,13-14,18H,3-4H2,(H,16,17). The predicted molar refractivity (Wildman–Crippen MR) is 68.5 cm³/mol. The smallest absolute Gasteiger partial charge is 0.411 e. The normalized spacial score (nSPS) is 10.8. The summed E-state index contributed by atoms with van der Waals surface area (Å²) < 4.78 is 0. The number of hydrogen-bond donors (Lipinski definition) is 4. The lowest BCUT2D eigenvalue weighted by Gasteiger charge is -2.17. The van der Waals surface area contributed by atoms with Crippen molar-refractivity contribution in [2.24, 2.45) is 0 Å². The number of hydrogen-bond acceptors (Lipinski definition) is 3. The number of anilines is 1. The van der Waals surface area contributed by atoms with E-state index in [-0.39, 0.29) is 13.1 Å². The van der Waals surface area contributed by atoms with E-state index in [9.17, 15) is 4.79 Å².